The van der Waals surface area contributed by atoms with Gasteiger partial charge in [-0.05, 0) is 18.2 Å². The zero-order chi connectivity index (χ0) is 7.68. The van der Waals surface area contributed by atoms with Gasteiger partial charge in [-0.3, -0.25) is 0 Å². The van der Waals surface area contributed by atoms with Crippen molar-refractivity contribution in [3.8, 4) is 0 Å². The molecule has 1 aromatic carbocycles. The third-order valence-corrected chi connectivity index (χ3v) is 2.01. The van der Waals surface area contributed by atoms with Gasteiger partial charge in [0, 0.05) is 16.6 Å². The maximum Gasteiger partial charge on any atom is 0.359 e. The molecule has 0 amide bonds. The number of hydrogen-bond acceptors (Lipinski definition) is 0. The molecule has 1 heterocycles. The molecular weight excluding hydrogens is 204 g/mol. The Morgan fingerprint density at radius 3 is 3.00 bits per heavy atom. The Bertz CT molecular complexity index is 384. The van der Waals surface area contributed by atoms with E-state index in [0.29, 0.717) is 0 Å². The van der Waals surface area contributed by atoms with Crippen LogP contribution in [-0.4, -0.2) is 0 Å². The Hall–Kier alpha value is -0.890. The monoisotopic (exact) mass is 209 g/mol. The van der Waals surface area contributed by atoms with Gasteiger partial charge in [0.2, 0.25) is 0 Å². The summed E-state index contributed by atoms with van der Waals surface area (Å²) >= 11 is 3.39. The van der Waals surface area contributed by atoms with Crippen molar-refractivity contribution in [2.45, 2.75) is 0 Å². The standard InChI is InChI=1S/C9H6BrO/c10-8-3-4-9-7(6-8)2-1-5-11-9/h1-6H/q+1. The van der Waals surface area contributed by atoms with E-state index in [-0.39, 0.29) is 0 Å². The largest absolute Gasteiger partial charge is 0.359 e. The topological polar surface area (TPSA) is 11.3 Å². The van der Waals surface area contributed by atoms with Crippen molar-refractivity contribution in [1.29, 1.82) is 0 Å². The highest BCUT2D eigenvalue weighted by Gasteiger charge is 2.02. The third kappa shape index (κ3) is 1.26. The first-order valence-electron chi connectivity index (χ1n) is 3.32. The van der Waals surface area contributed by atoms with Gasteiger partial charge in [0.1, 0.15) is 0 Å². The van der Waals surface area contributed by atoms with E-state index in [0.717, 1.165) is 15.4 Å². The van der Waals surface area contributed by atoms with E-state index in [9.17, 15) is 0 Å². The molecule has 54 valence electrons. The summed E-state index contributed by atoms with van der Waals surface area (Å²) in [5, 5.41) is 1.11. The number of benzene rings is 1. The molecule has 0 atom stereocenters. The van der Waals surface area contributed by atoms with Crippen LogP contribution in [0.15, 0.2) is 45.5 Å². The molecule has 0 fully saturated rings. The Balaban J connectivity index is 2.83. The van der Waals surface area contributed by atoms with Crippen LogP contribution in [0.4, 0.5) is 0 Å². The molecular formula is C9H6BrO+. The molecule has 0 saturated carbocycles. The third-order valence-electron chi connectivity index (χ3n) is 1.52. The van der Waals surface area contributed by atoms with Gasteiger partial charge in [0.15, 0.2) is 0 Å². The van der Waals surface area contributed by atoms with Crippen molar-refractivity contribution in [1.82, 2.24) is 0 Å². The van der Waals surface area contributed by atoms with Crippen molar-refractivity contribution in [2.24, 2.45) is 0 Å². The lowest BCUT2D eigenvalue weighted by molar-refractivity contribution is 0.604. The smallest absolute Gasteiger partial charge is 0.216 e. The Morgan fingerprint density at radius 1 is 1.18 bits per heavy atom. The second kappa shape index (κ2) is 2.62. The molecule has 2 rings (SSSR count). The van der Waals surface area contributed by atoms with Crippen LogP contribution in [0.5, 0.6) is 0 Å². The molecule has 0 bridgehead atoms. The van der Waals surface area contributed by atoms with Crippen molar-refractivity contribution in [3.63, 3.8) is 0 Å². The minimum absolute atomic E-state index is 0.913. The molecule has 0 radical (unpaired) electrons. The van der Waals surface area contributed by atoms with Crippen LogP contribution >= 0.6 is 15.9 Å². The average Bonchev–Trinajstić information content (AvgIpc) is 2.04. The van der Waals surface area contributed by atoms with Gasteiger partial charge in [-0.1, -0.05) is 15.9 Å². The fourth-order valence-corrected chi connectivity index (χ4v) is 1.39. The Kier molecular flexibility index (Phi) is 1.62. The van der Waals surface area contributed by atoms with Crippen molar-refractivity contribution < 1.29 is 4.42 Å². The molecule has 0 aliphatic heterocycles. The van der Waals surface area contributed by atoms with E-state index >= 15 is 0 Å². The highest BCUT2D eigenvalue weighted by molar-refractivity contribution is 9.10. The van der Waals surface area contributed by atoms with Gasteiger partial charge in [0.05, 0.1) is 5.39 Å². The number of fused-ring (bicyclic) bond motifs is 1. The minimum Gasteiger partial charge on any atom is -0.216 e. The molecule has 0 N–H and O–H groups in total. The lowest BCUT2D eigenvalue weighted by atomic mass is 10.2. The molecule has 2 heteroatoms. The SMILES string of the molecule is Brc1ccc2[o+]cccc2c1. The number of halogens is 1. The van der Waals surface area contributed by atoms with Crippen LogP contribution in [0.2, 0.25) is 0 Å². The zero-order valence-electron chi connectivity index (χ0n) is 5.75. The van der Waals surface area contributed by atoms with E-state index in [4.69, 9.17) is 4.42 Å². The van der Waals surface area contributed by atoms with E-state index in [1.165, 1.54) is 0 Å². The van der Waals surface area contributed by atoms with Crippen LogP contribution in [0, 0.1) is 0 Å². The maximum absolute atomic E-state index is 5.25. The highest BCUT2D eigenvalue weighted by atomic mass is 79.9. The summed E-state index contributed by atoms with van der Waals surface area (Å²) < 4.78 is 6.32. The fraction of sp³-hybridized carbons (Fsp3) is 0. The second-order valence-corrected chi connectivity index (χ2v) is 3.21. The first-order chi connectivity index (χ1) is 5.36. The van der Waals surface area contributed by atoms with Gasteiger partial charge in [-0.2, -0.15) is 0 Å². The molecule has 0 aliphatic carbocycles. The first kappa shape index (κ1) is 6.80. The first-order valence-corrected chi connectivity index (χ1v) is 4.12. The molecule has 0 saturated heterocycles. The maximum atomic E-state index is 5.25. The molecule has 1 nitrogen and oxygen atoms in total. The quantitative estimate of drug-likeness (QED) is 0.606. The van der Waals surface area contributed by atoms with E-state index < -0.39 is 0 Å². The lowest BCUT2D eigenvalue weighted by Gasteiger charge is -1.86. The lowest BCUT2D eigenvalue weighted by Crippen LogP contribution is -1.70. The summed E-state index contributed by atoms with van der Waals surface area (Å²) in [4.78, 5) is 0. The summed E-state index contributed by atoms with van der Waals surface area (Å²) in [5.74, 6) is 0. The van der Waals surface area contributed by atoms with E-state index in [2.05, 4.69) is 15.9 Å². The van der Waals surface area contributed by atoms with Gasteiger partial charge in [0.25, 0.3) is 0 Å². The Labute approximate surface area is 72.8 Å². The van der Waals surface area contributed by atoms with Crippen LogP contribution < -0.4 is 0 Å². The van der Waals surface area contributed by atoms with E-state index in [1.54, 1.807) is 6.26 Å². The summed E-state index contributed by atoms with van der Waals surface area (Å²) in [7, 11) is 0. The van der Waals surface area contributed by atoms with Crippen molar-refractivity contribution in [3.05, 3.63) is 41.1 Å². The van der Waals surface area contributed by atoms with E-state index in [1.807, 2.05) is 30.3 Å². The van der Waals surface area contributed by atoms with Gasteiger partial charge < -0.3 is 0 Å². The zero-order valence-corrected chi connectivity index (χ0v) is 7.34. The average molecular weight is 210 g/mol. The van der Waals surface area contributed by atoms with Crippen LogP contribution in [0.1, 0.15) is 0 Å². The molecule has 2 aromatic rings. The van der Waals surface area contributed by atoms with Gasteiger partial charge in [-0.15, -0.1) is 0 Å². The summed E-state index contributed by atoms with van der Waals surface area (Å²) in [6.07, 6.45) is 1.68. The predicted molar refractivity (Wildman–Crippen MR) is 48.3 cm³/mol. The van der Waals surface area contributed by atoms with Gasteiger partial charge in [-0.25, -0.2) is 4.42 Å². The second-order valence-electron chi connectivity index (χ2n) is 2.30. The van der Waals surface area contributed by atoms with Crippen LogP contribution in [0.3, 0.4) is 0 Å². The molecule has 0 spiro atoms. The predicted octanol–water partition coefficient (Wildman–Crippen LogP) is 3.48. The summed E-state index contributed by atoms with van der Waals surface area (Å²) in [5.41, 5.74) is 0.913. The van der Waals surface area contributed by atoms with Crippen molar-refractivity contribution in [2.75, 3.05) is 0 Å². The number of rotatable bonds is 0. The van der Waals surface area contributed by atoms with Crippen LogP contribution in [-0.2, 0) is 0 Å². The normalized spacial score (nSPS) is 10.3. The fourth-order valence-electron chi connectivity index (χ4n) is 1.01. The highest BCUT2D eigenvalue weighted by Crippen LogP contribution is 2.18. The summed E-state index contributed by atoms with van der Waals surface area (Å²) in [6.45, 7) is 0. The molecule has 11 heavy (non-hydrogen) atoms. The van der Waals surface area contributed by atoms with Gasteiger partial charge >= 0.3 is 11.8 Å². The van der Waals surface area contributed by atoms with Crippen molar-refractivity contribution >= 4 is 26.9 Å². The molecule has 1 aromatic heterocycles. The summed E-state index contributed by atoms with van der Waals surface area (Å²) in [6, 6.07) is 9.84. The molecule has 0 aliphatic rings. The minimum atomic E-state index is 0.913. The number of hydrogen-bond donors (Lipinski definition) is 0. The Morgan fingerprint density at radius 2 is 2.09 bits per heavy atom. The van der Waals surface area contributed by atoms with Crippen LogP contribution in [0.25, 0.3) is 11.0 Å². The molecule has 0 unspecified atom stereocenters.